The molecule has 20 heavy (non-hydrogen) atoms. The van der Waals surface area contributed by atoms with Gasteiger partial charge in [-0.3, -0.25) is 9.69 Å². The maximum atomic E-state index is 12.9. The van der Waals surface area contributed by atoms with E-state index in [1.807, 2.05) is 6.92 Å². The minimum absolute atomic E-state index is 0.0948. The number of benzene rings is 1. The molecule has 0 bridgehead atoms. The molecule has 0 heterocycles. The van der Waals surface area contributed by atoms with Gasteiger partial charge in [0.25, 0.3) is 0 Å². The molecular weight excluding hydrogens is 253 g/mol. The van der Waals surface area contributed by atoms with Gasteiger partial charge in [-0.15, -0.1) is 0 Å². The number of halogens is 1. The molecule has 1 unspecified atom stereocenters. The van der Waals surface area contributed by atoms with Gasteiger partial charge in [0.15, 0.2) is 5.78 Å². The summed E-state index contributed by atoms with van der Waals surface area (Å²) in [6.07, 6.45) is 6.22. The van der Waals surface area contributed by atoms with Gasteiger partial charge in [0.1, 0.15) is 5.82 Å². The van der Waals surface area contributed by atoms with Crippen molar-refractivity contribution in [3.05, 3.63) is 35.6 Å². The number of Topliss-reactive ketones (excluding diaryl/α,β-unsaturated/α-hetero) is 1. The second-order valence-corrected chi connectivity index (χ2v) is 5.67. The Labute approximate surface area is 121 Å². The van der Waals surface area contributed by atoms with Crippen molar-refractivity contribution < 1.29 is 9.18 Å². The van der Waals surface area contributed by atoms with Gasteiger partial charge in [-0.25, -0.2) is 4.39 Å². The first-order valence-electron chi connectivity index (χ1n) is 7.69. The predicted molar refractivity (Wildman–Crippen MR) is 79.4 cm³/mol. The second-order valence-electron chi connectivity index (χ2n) is 5.67. The topological polar surface area (TPSA) is 20.3 Å². The molecule has 0 saturated heterocycles. The van der Waals surface area contributed by atoms with Crippen molar-refractivity contribution in [2.24, 2.45) is 0 Å². The fraction of sp³-hybridized carbons (Fsp3) is 0.588. The Kier molecular flexibility index (Phi) is 5.30. The van der Waals surface area contributed by atoms with E-state index < -0.39 is 0 Å². The molecule has 0 aliphatic heterocycles. The lowest BCUT2D eigenvalue weighted by atomic mass is 9.92. The van der Waals surface area contributed by atoms with Crippen LogP contribution < -0.4 is 0 Å². The second kappa shape index (κ2) is 6.98. The summed E-state index contributed by atoms with van der Waals surface area (Å²) in [7, 11) is 0. The summed E-state index contributed by atoms with van der Waals surface area (Å²) in [5, 5.41) is 0. The number of ketones is 1. The molecule has 1 saturated carbocycles. The Bertz CT molecular complexity index is 437. The monoisotopic (exact) mass is 277 g/mol. The van der Waals surface area contributed by atoms with Crippen molar-refractivity contribution in [3.8, 4) is 0 Å². The van der Waals surface area contributed by atoms with Crippen LogP contribution in [0.3, 0.4) is 0 Å². The SMILES string of the molecule is CCN(C1CCCCC1)C(C)C(=O)c1ccc(F)cc1. The first-order valence-corrected chi connectivity index (χ1v) is 7.69. The van der Waals surface area contributed by atoms with Crippen LogP contribution in [0.15, 0.2) is 24.3 Å². The molecular formula is C17H24FNO. The van der Waals surface area contributed by atoms with Crippen LogP contribution in [0.2, 0.25) is 0 Å². The van der Waals surface area contributed by atoms with E-state index in [1.54, 1.807) is 12.1 Å². The summed E-state index contributed by atoms with van der Waals surface area (Å²) >= 11 is 0. The lowest BCUT2D eigenvalue weighted by molar-refractivity contribution is 0.0718. The Balaban J connectivity index is 2.08. The highest BCUT2D eigenvalue weighted by Gasteiger charge is 2.28. The summed E-state index contributed by atoms with van der Waals surface area (Å²) in [4.78, 5) is 14.8. The third-order valence-corrected chi connectivity index (χ3v) is 4.41. The highest BCUT2D eigenvalue weighted by molar-refractivity contribution is 5.99. The fourth-order valence-electron chi connectivity index (χ4n) is 3.27. The van der Waals surface area contributed by atoms with Crippen LogP contribution >= 0.6 is 0 Å². The smallest absolute Gasteiger partial charge is 0.179 e. The molecule has 0 amide bonds. The molecule has 3 heteroatoms. The van der Waals surface area contributed by atoms with E-state index in [-0.39, 0.29) is 17.6 Å². The number of carbonyl (C=O) groups excluding carboxylic acids is 1. The van der Waals surface area contributed by atoms with E-state index in [4.69, 9.17) is 0 Å². The average Bonchev–Trinajstić information content (AvgIpc) is 2.49. The Morgan fingerprint density at radius 2 is 1.85 bits per heavy atom. The van der Waals surface area contributed by atoms with Crippen molar-refractivity contribution in [2.45, 2.75) is 58.0 Å². The molecule has 0 radical (unpaired) electrons. The van der Waals surface area contributed by atoms with Crippen molar-refractivity contribution in [3.63, 3.8) is 0 Å². The number of likely N-dealkylation sites (N-methyl/N-ethyl adjacent to an activating group) is 1. The van der Waals surface area contributed by atoms with E-state index in [0.29, 0.717) is 11.6 Å². The lowest BCUT2D eigenvalue weighted by Crippen LogP contribution is -2.46. The summed E-state index contributed by atoms with van der Waals surface area (Å²) in [5.41, 5.74) is 0.605. The van der Waals surface area contributed by atoms with E-state index >= 15 is 0 Å². The molecule has 110 valence electrons. The molecule has 1 fully saturated rings. The third-order valence-electron chi connectivity index (χ3n) is 4.41. The average molecular weight is 277 g/mol. The zero-order valence-corrected chi connectivity index (χ0v) is 12.4. The summed E-state index contributed by atoms with van der Waals surface area (Å²) in [5.74, 6) is -0.203. The molecule has 0 aromatic heterocycles. The quantitative estimate of drug-likeness (QED) is 0.757. The van der Waals surface area contributed by atoms with Crippen LogP contribution in [0.4, 0.5) is 4.39 Å². The van der Waals surface area contributed by atoms with Crippen LogP contribution in [-0.2, 0) is 0 Å². The van der Waals surface area contributed by atoms with Crippen molar-refractivity contribution in [2.75, 3.05) is 6.54 Å². The van der Waals surface area contributed by atoms with Gasteiger partial charge in [0.2, 0.25) is 0 Å². The van der Waals surface area contributed by atoms with Crippen LogP contribution in [0, 0.1) is 5.82 Å². The first-order chi connectivity index (χ1) is 9.63. The van der Waals surface area contributed by atoms with Crippen molar-refractivity contribution >= 4 is 5.78 Å². The van der Waals surface area contributed by atoms with Crippen LogP contribution in [0.25, 0.3) is 0 Å². The summed E-state index contributed by atoms with van der Waals surface area (Å²) in [6, 6.07) is 6.28. The van der Waals surface area contributed by atoms with Gasteiger partial charge < -0.3 is 0 Å². The highest BCUT2D eigenvalue weighted by Crippen LogP contribution is 2.25. The van der Waals surface area contributed by atoms with E-state index in [9.17, 15) is 9.18 Å². The van der Waals surface area contributed by atoms with Crippen LogP contribution in [-0.4, -0.2) is 29.3 Å². The lowest BCUT2D eigenvalue weighted by Gasteiger charge is -2.37. The molecule has 1 aromatic rings. The van der Waals surface area contributed by atoms with Crippen molar-refractivity contribution in [1.82, 2.24) is 4.90 Å². The van der Waals surface area contributed by atoms with Gasteiger partial charge in [-0.2, -0.15) is 0 Å². The van der Waals surface area contributed by atoms with E-state index in [0.717, 1.165) is 6.54 Å². The zero-order chi connectivity index (χ0) is 14.5. The third kappa shape index (κ3) is 3.45. The predicted octanol–water partition coefficient (Wildman–Crippen LogP) is 4.05. The van der Waals surface area contributed by atoms with Gasteiger partial charge in [0, 0.05) is 11.6 Å². The molecule has 2 nitrogen and oxygen atoms in total. The molecule has 0 spiro atoms. The van der Waals surface area contributed by atoms with Crippen LogP contribution in [0.1, 0.15) is 56.3 Å². The number of hydrogen-bond acceptors (Lipinski definition) is 2. The summed E-state index contributed by atoms with van der Waals surface area (Å²) in [6.45, 7) is 4.98. The first kappa shape index (κ1) is 15.2. The summed E-state index contributed by atoms with van der Waals surface area (Å²) < 4.78 is 12.9. The number of nitrogens with zero attached hydrogens (tertiary/aromatic N) is 1. The fourth-order valence-corrected chi connectivity index (χ4v) is 3.27. The number of rotatable bonds is 5. The van der Waals surface area contributed by atoms with E-state index in [1.165, 1.54) is 44.2 Å². The van der Waals surface area contributed by atoms with Gasteiger partial charge >= 0.3 is 0 Å². The minimum atomic E-state index is -0.297. The zero-order valence-electron chi connectivity index (χ0n) is 12.4. The highest BCUT2D eigenvalue weighted by atomic mass is 19.1. The van der Waals surface area contributed by atoms with Crippen LogP contribution in [0.5, 0.6) is 0 Å². The number of carbonyl (C=O) groups is 1. The molecule has 2 rings (SSSR count). The minimum Gasteiger partial charge on any atom is -0.292 e. The maximum Gasteiger partial charge on any atom is 0.179 e. The Hall–Kier alpha value is -1.22. The molecule has 1 atom stereocenters. The Morgan fingerprint density at radius 3 is 2.40 bits per heavy atom. The van der Waals surface area contributed by atoms with Gasteiger partial charge in [-0.1, -0.05) is 26.2 Å². The molecule has 0 N–H and O–H groups in total. The molecule has 1 aliphatic carbocycles. The van der Waals surface area contributed by atoms with Crippen molar-refractivity contribution in [1.29, 1.82) is 0 Å². The molecule has 1 aromatic carbocycles. The largest absolute Gasteiger partial charge is 0.292 e. The molecule has 1 aliphatic rings. The van der Waals surface area contributed by atoms with Gasteiger partial charge in [0.05, 0.1) is 6.04 Å². The normalized spacial score (nSPS) is 18.2. The maximum absolute atomic E-state index is 12.9. The Morgan fingerprint density at radius 1 is 1.25 bits per heavy atom. The van der Waals surface area contributed by atoms with E-state index in [2.05, 4.69) is 11.8 Å². The standard InChI is InChI=1S/C17H24FNO/c1-3-19(16-7-5-4-6-8-16)13(2)17(20)14-9-11-15(18)12-10-14/h9-13,16H,3-8H2,1-2H3. The van der Waals surface area contributed by atoms with Gasteiger partial charge in [-0.05, 0) is 50.6 Å². The number of hydrogen-bond donors (Lipinski definition) is 0.